The van der Waals surface area contributed by atoms with Gasteiger partial charge in [-0.3, -0.25) is 14.4 Å². The van der Waals surface area contributed by atoms with E-state index in [1.54, 1.807) is 18.2 Å². The number of amides is 3. The van der Waals surface area contributed by atoms with Crippen LogP contribution in [0.3, 0.4) is 0 Å². The highest BCUT2D eigenvalue weighted by molar-refractivity contribution is 6.00. The van der Waals surface area contributed by atoms with Gasteiger partial charge in [-0.1, -0.05) is 67.6 Å². The molecule has 6 nitrogen and oxygen atoms in total. The lowest BCUT2D eigenvalue weighted by atomic mass is 9.92. The maximum atomic E-state index is 15.2. The van der Waals surface area contributed by atoms with Crippen LogP contribution in [0.15, 0.2) is 72.8 Å². The van der Waals surface area contributed by atoms with Crippen molar-refractivity contribution in [2.45, 2.75) is 56.4 Å². The van der Waals surface area contributed by atoms with Crippen LogP contribution in [0, 0.1) is 5.82 Å². The van der Waals surface area contributed by atoms with Crippen LogP contribution in [0.5, 0.6) is 0 Å². The first kappa shape index (κ1) is 26.2. The van der Waals surface area contributed by atoms with E-state index in [-0.39, 0.29) is 36.6 Å². The molecule has 2 aliphatic heterocycles. The third kappa shape index (κ3) is 4.87. The van der Waals surface area contributed by atoms with Gasteiger partial charge in [0.2, 0.25) is 11.8 Å². The van der Waals surface area contributed by atoms with Crippen LogP contribution in [0.4, 0.5) is 8.78 Å². The molecule has 1 N–H and O–H groups in total. The van der Waals surface area contributed by atoms with Gasteiger partial charge in [0.25, 0.3) is 5.91 Å². The summed E-state index contributed by atoms with van der Waals surface area (Å²) in [6.45, 7) is 1.87. The van der Waals surface area contributed by atoms with Crippen molar-refractivity contribution in [3.05, 3.63) is 106 Å². The highest BCUT2D eigenvalue weighted by Crippen LogP contribution is 2.48. The second-order valence-electron chi connectivity index (χ2n) is 11.4. The van der Waals surface area contributed by atoms with Crippen LogP contribution in [-0.4, -0.2) is 52.8 Å². The minimum absolute atomic E-state index is 0.140. The number of carbonyl (C=O) groups excluding carboxylic acids is 3. The van der Waals surface area contributed by atoms with Gasteiger partial charge in [0.15, 0.2) is 0 Å². The summed E-state index contributed by atoms with van der Waals surface area (Å²) in [4.78, 5) is 42.3. The summed E-state index contributed by atoms with van der Waals surface area (Å²) in [6.07, 6.45) is 0.372. The minimum atomic E-state index is -1.36. The van der Waals surface area contributed by atoms with Crippen LogP contribution >= 0.6 is 0 Å². The van der Waals surface area contributed by atoms with Gasteiger partial charge in [-0.05, 0) is 52.6 Å². The molecule has 3 aromatic carbocycles. The van der Waals surface area contributed by atoms with Gasteiger partial charge in [0.1, 0.15) is 24.6 Å². The van der Waals surface area contributed by atoms with E-state index in [1.165, 1.54) is 15.9 Å². The molecule has 3 aliphatic rings. The number of hydrogen-bond donors (Lipinski definition) is 1. The number of alkyl halides is 1. The lowest BCUT2D eigenvalue weighted by Crippen LogP contribution is -2.49. The van der Waals surface area contributed by atoms with Gasteiger partial charge < -0.3 is 15.1 Å². The molecule has 2 heterocycles. The molecule has 1 saturated carbocycles. The maximum absolute atomic E-state index is 15.2. The molecule has 206 valence electrons. The topological polar surface area (TPSA) is 69.7 Å². The summed E-state index contributed by atoms with van der Waals surface area (Å²) < 4.78 is 29.8. The number of hydrogen-bond acceptors (Lipinski definition) is 3. The van der Waals surface area contributed by atoms with E-state index in [0.29, 0.717) is 23.2 Å². The SMILES string of the molecule is CC1(c2ccc(C(NC(=O)C3CC(F)CN3C(=O)CN3Cc4ccccc4C3=O)c3ccccc3)cc2F)CC1. The number of likely N-dealkylation sites (tertiary alicyclic amines) is 1. The normalized spacial score (nSPS) is 21.7. The zero-order valence-corrected chi connectivity index (χ0v) is 22.3. The van der Waals surface area contributed by atoms with Crippen LogP contribution in [0.25, 0.3) is 0 Å². The molecule has 3 unspecified atom stereocenters. The Balaban J connectivity index is 1.21. The Labute approximate surface area is 232 Å². The van der Waals surface area contributed by atoms with Crippen molar-refractivity contribution in [3.63, 3.8) is 0 Å². The van der Waals surface area contributed by atoms with Crippen molar-refractivity contribution < 1.29 is 23.2 Å². The fourth-order valence-electron chi connectivity index (χ4n) is 5.91. The largest absolute Gasteiger partial charge is 0.343 e. The van der Waals surface area contributed by atoms with Crippen molar-refractivity contribution in [2.24, 2.45) is 0 Å². The fourth-order valence-corrected chi connectivity index (χ4v) is 5.91. The van der Waals surface area contributed by atoms with Crippen molar-refractivity contribution in [1.29, 1.82) is 0 Å². The molecule has 0 bridgehead atoms. The van der Waals surface area contributed by atoms with Gasteiger partial charge in [-0.25, -0.2) is 8.78 Å². The number of rotatable bonds is 7. The zero-order valence-electron chi connectivity index (χ0n) is 22.3. The summed E-state index contributed by atoms with van der Waals surface area (Å²) in [5, 5.41) is 2.97. The Kier molecular flexibility index (Phi) is 6.64. The first-order chi connectivity index (χ1) is 19.2. The molecule has 0 radical (unpaired) electrons. The predicted molar refractivity (Wildman–Crippen MR) is 146 cm³/mol. The Morgan fingerprint density at radius 3 is 2.45 bits per heavy atom. The number of halogens is 2. The van der Waals surface area contributed by atoms with Gasteiger partial charge in [-0.2, -0.15) is 0 Å². The van der Waals surface area contributed by atoms with Crippen LogP contribution in [0.2, 0.25) is 0 Å². The van der Waals surface area contributed by atoms with Gasteiger partial charge in [-0.15, -0.1) is 0 Å². The molecule has 3 atom stereocenters. The van der Waals surface area contributed by atoms with E-state index in [0.717, 1.165) is 24.0 Å². The van der Waals surface area contributed by atoms with E-state index >= 15 is 4.39 Å². The van der Waals surface area contributed by atoms with E-state index < -0.39 is 30.1 Å². The summed E-state index contributed by atoms with van der Waals surface area (Å²) in [5.41, 5.74) is 3.22. The summed E-state index contributed by atoms with van der Waals surface area (Å²) in [6, 6.07) is 19.7. The molecule has 2 fully saturated rings. The number of nitrogens with zero attached hydrogens (tertiary/aromatic N) is 2. The Bertz CT molecular complexity index is 1470. The quantitative estimate of drug-likeness (QED) is 0.471. The van der Waals surface area contributed by atoms with Crippen molar-refractivity contribution in [1.82, 2.24) is 15.1 Å². The van der Waals surface area contributed by atoms with E-state index in [1.807, 2.05) is 55.5 Å². The molecule has 0 aromatic heterocycles. The minimum Gasteiger partial charge on any atom is -0.343 e. The van der Waals surface area contributed by atoms with Crippen molar-refractivity contribution in [2.75, 3.05) is 13.1 Å². The monoisotopic (exact) mass is 543 g/mol. The highest BCUT2D eigenvalue weighted by atomic mass is 19.1. The third-order valence-corrected chi connectivity index (χ3v) is 8.49. The molecule has 1 aliphatic carbocycles. The average molecular weight is 544 g/mol. The third-order valence-electron chi connectivity index (χ3n) is 8.49. The van der Waals surface area contributed by atoms with Crippen molar-refractivity contribution >= 4 is 17.7 Å². The molecule has 0 spiro atoms. The van der Waals surface area contributed by atoms with E-state index in [2.05, 4.69) is 5.32 Å². The lowest BCUT2D eigenvalue weighted by Gasteiger charge is -2.28. The van der Waals surface area contributed by atoms with Crippen molar-refractivity contribution in [3.8, 4) is 0 Å². The summed E-state index contributed by atoms with van der Waals surface area (Å²) >= 11 is 0. The number of benzene rings is 3. The number of nitrogens with one attached hydrogen (secondary N) is 1. The standard InChI is InChI=1S/C32H31F2N3O3/c1-32(13-14-32)25-12-11-21(15-26(25)34)29(20-7-3-2-4-8-20)35-30(39)27-16-23(33)18-37(27)28(38)19-36-17-22-9-5-6-10-24(22)31(36)40/h2-12,15,23,27,29H,13-14,16-19H2,1H3,(H,35,39). The molecule has 3 amide bonds. The molecule has 8 heteroatoms. The second kappa shape index (κ2) is 10.2. The zero-order chi connectivity index (χ0) is 28.0. The van der Waals surface area contributed by atoms with E-state index in [9.17, 15) is 18.8 Å². The molecule has 6 rings (SSSR count). The maximum Gasteiger partial charge on any atom is 0.254 e. The van der Waals surface area contributed by atoms with Gasteiger partial charge in [0, 0.05) is 18.5 Å². The van der Waals surface area contributed by atoms with Gasteiger partial charge >= 0.3 is 0 Å². The molecule has 3 aromatic rings. The van der Waals surface area contributed by atoms with Crippen LogP contribution in [-0.2, 0) is 21.5 Å². The van der Waals surface area contributed by atoms with Crippen LogP contribution < -0.4 is 5.32 Å². The fraction of sp³-hybridized carbons (Fsp3) is 0.344. The molecular formula is C32H31F2N3O3. The number of fused-ring (bicyclic) bond motifs is 1. The lowest BCUT2D eigenvalue weighted by molar-refractivity contribution is -0.139. The summed E-state index contributed by atoms with van der Waals surface area (Å²) in [7, 11) is 0. The smallest absolute Gasteiger partial charge is 0.254 e. The predicted octanol–water partition coefficient (Wildman–Crippen LogP) is 4.68. The van der Waals surface area contributed by atoms with Crippen LogP contribution in [0.1, 0.15) is 64.8 Å². The summed E-state index contributed by atoms with van der Waals surface area (Å²) in [5.74, 6) is -1.57. The average Bonchev–Trinajstić information content (AvgIpc) is 3.45. The first-order valence-electron chi connectivity index (χ1n) is 13.7. The van der Waals surface area contributed by atoms with E-state index in [4.69, 9.17) is 0 Å². The van der Waals surface area contributed by atoms with Gasteiger partial charge in [0.05, 0.1) is 12.6 Å². The highest BCUT2D eigenvalue weighted by Gasteiger charge is 2.43. The Morgan fingerprint density at radius 1 is 1.02 bits per heavy atom. The second-order valence-corrected chi connectivity index (χ2v) is 11.4. The molecular weight excluding hydrogens is 512 g/mol. The Hall–Kier alpha value is -4.07. The number of carbonyl (C=O) groups is 3. The molecule has 1 saturated heterocycles. The Morgan fingerprint density at radius 2 is 1.75 bits per heavy atom. The first-order valence-corrected chi connectivity index (χ1v) is 13.7. The molecule has 40 heavy (non-hydrogen) atoms.